The van der Waals surface area contributed by atoms with Gasteiger partial charge in [0.1, 0.15) is 0 Å². The third-order valence-corrected chi connectivity index (χ3v) is 10.2. The van der Waals surface area contributed by atoms with Crippen molar-refractivity contribution in [1.82, 2.24) is 0 Å². The molecule has 28 heavy (non-hydrogen) atoms. The minimum atomic E-state index is -0.273. The summed E-state index contributed by atoms with van der Waals surface area (Å²) in [6.07, 6.45) is 11.3. The second kappa shape index (κ2) is 7.85. The number of fused-ring (bicyclic) bond motifs is 5. The summed E-state index contributed by atoms with van der Waals surface area (Å²) in [7, 11) is 0. The number of aliphatic hydroxyl groups is 2. The highest BCUT2D eigenvalue weighted by Crippen LogP contribution is 2.68. The van der Waals surface area contributed by atoms with Crippen LogP contribution in [0, 0.1) is 40.4 Å². The van der Waals surface area contributed by atoms with E-state index >= 15 is 0 Å². The van der Waals surface area contributed by atoms with Crippen LogP contribution in [0.3, 0.4) is 0 Å². The van der Waals surface area contributed by atoms with Gasteiger partial charge in [0.2, 0.25) is 0 Å². The summed E-state index contributed by atoms with van der Waals surface area (Å²) in [4.78, 5) is 0. The first-order chi connectivity index (χ1) is 13.3. The molecule has 0 bridgehead atoms. The van der Waals surface area contributed by atoms with Crippen LogP contribution in [0.4, 0.5) is 0 Å². The molecule has 162 valence electrons. The van der Waals surface area contributed by atoms with Crippen LogP contribution in [0.15, 0.2) is 0 Å². The molecule has 4 rings (SSSR count). The first-order valence-electron chi connectivity index (χ1n) is 12.3. The van der Waals surface area contributed by atoms with Crippen LogP contribution in [-0.4, -0.2) is 35.1 Å². The lowest BCUT2D eigenvalue weighted by Gasteiger charge is -2.62. The molecule has 0 amide bonds. The summed E-state index contributed by atoms with van der Waals surface area (Å²) in [5.74, 6) is 3.55. The van der Waals surface area contributed by atoms with Gasteiger partial charge in [0.05, 0.1) is 18.3 Å². The van der Waals surface area contributed by atoms with E-state index < -0.39 is 0 Å². The maximum Gasteiger partial charge on any atom is 0.0839 e. The monoisotopic (exact) mass is 392 g/mol. The minimum Gasteiger partial charge on any atom is -0.393 e. The van der Waals surface area contributed by atoms with E-state index in [1.807, 2.05) is 0 Å². The smallest absolute Gasteiger partial charge is 0.0839 e. The molecule has 2 N–H and O–H groups in total. The van der Waals surface area contributed by atoms with Crippen LogP contribution < -0.4 is 0 Å². The van der Waals surface area contributed by atoms with Gasteiger partial charge in [-0.25, -0.2) is 0 Å². The molecule has 0 aliphatic heterocycles. The highest BCUT2D eigenvalue weighted by atomic mass is 16.5. The summed E-state index contributed by atoms with van der Waals surface area (Å²) in [6.45, 7) is 10.1. The average molecular weight is 393 g/mol. The lowest BCUT2D eigenvalue weighted by Crippen LogP contribution is -2.57. The standard InChI is InChI=1S/C25H44O3/c1-5-13-28-23-15-25(4)16(14-22(23)27)7-8-17-18-9-10-20(21(26)6-2)24(18,3)12-11-19(17)25/h16-23,26-27H,5-15H2,1-4H3/t16?,17-,18-,19-,20+,21?,22?,23?,24-,25-/m0/s1. The van der Waals surface area contributed by atoms with Crippen molar-refractivity contribution in [3.8, 4) is 0 Å². The molecule has 3 heteroatoms. The fraction of sp³-hybridized carbons (Fsp3) is 1.00. The molecule has 4 aliphatic rings. The summed E-state index contributed by atoms with van der Waals surface area (Å²) >= 11 is 0. The third-order valence-electron chi connectivity index (χ3n) is 10.2. The molecule has 10 atom stereocenters. The topological polar surface area (TPSA) is 49.7 Å². The third kappa shape index (κ3) is 3.19. The highest BCUT2D eigenvalue weighted by molar-refractivity contribution is 5.11. The lowest BCUT2D eigenvalue weighted by molar-refractivity contribution is -0.174. The summed E-state index contributed by atoms with van der Waals surface area (Å²) in [6, 6.07) is 0. The Kier molecular flexibility index (Phi) is 5.92. The van der Waals surface area contributed by atoms with Crippen LogP contribution in [0.25, 0.3) is 0 Å². The Labute approximate surface area is 172 Å². The van der Waals surface area contributed by atoms with Gasteiger partial charge in [-0.05, 0) is 105 Å². The molecule has 0 saturated heterocycles. The lowest BCUT2D eigenvalue weighted by atomic mass is 9.44. The van der Waals surface area contributed by atoms with Gasteiger partial charge in [-0.3, -0.25) is 0 Å². The molecule has 4 saturated carbocycles. The van der Waals surface area contributed by atoms with Crippen molar-refractivity contribution in [2.24, 2.45) is 40.4 Å². The molecule has 0 aromatic carbocycles. The van der Waals surface area contributed by atoms with Gasteiger partial charge in [-0.2, -0.15) is 0 Å². The SMILES string of the molecule is CCCOC1C[C@@]2(C)C(CC[C@H]3[C@@H]4CC[C@H](C(O)CC)[C@@]4(C)CC[C@@H]32)CC1O. The summed E-state index contributed by atoms with van der Waals surface area (Å²) in [5.41, 5.74) is 0.662. The second-order valence-electron chi connectivity index (χ2n) is 11.3. The van der Waals surface area contributed by atoms with Gasteiger partial charge in [0.25, 0.3) is 0 Å². The van der Waals surface area contributed by atoms with Crippen LogP contribution in [0.2, 0.25) is 0 Å². The maximum absolute atomic E-state index is 10.7. The zero-order valence-corrected chi connectivity index (χ0v) is 18.7. The Morgan fingerprint density at radius 1 is 1.00 bits per heavy atom. The molecule has 0 heterocycles. The second-order valence-corrected chi connectivity index (χ2v) is 11.3. The van der Waals surface area contributed by atoms with Gasteiger partial charge in [0.15, 0.2) is 0 Å². The Morgan fingerprint density at radius 2 is 1.75 bits per heavy atom. The molecule has 4 aliphatic carbocycles. The van der Waals surface area contributed by atoms with Crippen LogP contribution in [0.5, 0.6) is 0 Å². The maximum atomic E-state index is 10.7. The van der Waals surface area contributed by atoms with Crippen LogP contribution in [0.1, 0.15) is 91.9 Å². The molecule has 3 nitrogen and oxygen atoms in total. The number of ether oxygens (including phenoxy) is 1. The Balaban J connectivity index is 1.55. The van der Waals surface area contributed by atoms with E-state index in [-0.39, 0.29) is 18.3 Å². The minimum absolute atomic E-state index is 0.0338. The zero-order chi connectivity index (χ0) is 20.1. The van der Waals surface area contributed by atoms with Crippen molar-refractivity contribution in [3.05, 3.63) is 0 Å². The number of rotatable bonds is 5. The molecule has 0 aromatic heterocycles. The Bertz CT molecular complexity index is 550. The van der Waals surface area contributed by atoms with E-state index in [0.29, 0.717) is 22.7 Å². The zero-order valence-electron chi connectivity index (χ0n) is 18.7. The largest absolute Gasteiger partial charge is 0.393 e. The molecule has 4 unspecified atom stereocenters. The van der Waals surface area contributed by atoms with E-state index in [1.54, 1.807) is 0 Å². The summed E-state index contributed by atoms with van der Waals surface area (Å²) in [5, 5.41) is 21.4. The van der Waals surface area contributed by atoms with Gasteiger partial charge in [-0.1, -0.05) is 27.7 Å². The fourth-order valence-corrected chi connectivity index (χ4v) is 8.65. The van der Waals surface area contributed by atoms with Gasteiger partial charge >= 0.3 is 0 Å². The van der Waals surface area contributed by atoms with Crippen LogP contribution in [-0.2, 0) is 4.74 Å². The molecule has 4 fully saturated rings. The van der Waals surface area contributed by atoms with Gasteiger partial charge < -0.3 is 14.9 Å². The Morgan fingerprint density at radius 3 is 2.46 bits per heavy atom. The van der Waals surface area contributed by atoms with Gasteiger partial charge in [-0.15, -0.1) is 0 Å². The molecule has 0 spiro atoms. The van der Waals surface area contributed by atoms with Crippen molar-refractivity contribution in [3.63, 3.8) is 0 Å². The van der Waals surface area contributed by atoms with E-state index in [9.17, 15) is 10.2 Å². The van der Waals surface area contributed by atoms with Crippen molar-refractivity contribution in [2.45, 2.75) is 110 Å². The van der Waals surface area contributed by atoms with Crippen molar-refractivity contribution in [1.29, 1.82) is 0 Å². The van der Waals surface area contributed by atoms with E-state index in [2.05, 4.69) is 27.7 Å². The number of hydrogen-bond acceptors (Lipinski definition) is 3. The van der Waals surface area contributed by atoms with E-state index in [4.69, 9.17) is 4.74 Å². The molecular formula is C25H44O3. The van der Waals surface area contributed by atoms with E-state index in [1.165, 1.54) is 38.5 Å². The normalized spacial score (nSPS) is 51.9. The first kappa shape index (κ1) is 21.1. The Hall–Kier alpha value is -0.120. The number of hydrogen-bond donors (Lipinski definition) is 2. The van der Waals surface area contributed by atoms with Crippen molar-refractivity contribution >= 4 is 0 Å². The predicted octanol–water partition coefficient (Wildman–Crippen LogP) is 5.18. The van der Waals surface area contributed by atoms with Crippen molar-refractivity contribution < 1.29 is 14.9 Å². The van der Waals surface area contributed by atoms with Crippen LogP contribution >= 0.6 is 0 Å². The highest BCUT2D eigenvalue weighted by Gasteiger charge is 2.61. The summed E-state index contributed by atoms with van der Waals surface area (Å²) < 4.78 is 6.12. The molecule has 0 radical (unpaired) electrons. The first-order valence-corrected chi connectivity index (χ1v) is 12.3. The molecular weight excluding hydrogens is 348 g/mol. The predicted molar refractivity (Wildman–Crippen MR) is 113 cm³/mol. The fourth-order valence-electron chi connectivity index (χ4n) is 8.65. The average Bonchev–Trinajstić information content (AvgIpc) is 3.03. The quantitative estimate of drug-likeness (QED) is 0.677. The van der Waals surface area contributed by atoms with Gasteiger partial charge in [0, 0.05) is 6.61 Å². The molecule has 0 aromatic rings. The van der Waals surface area contributed by atoms with Crippen molar-refractivity contribution in [2.75, 3.05) is 6.61 Å². The van der Waals surface area contributed by atoms with E-state index in [0.717, 1.165) is 50.0 Å². The number of aliphatic hydroxyl groups excluding tert-OH is 2.